The predicted molar refractivity (Wildman–Crippen MR) is 69.4 cm³/mol. The van der Waals surface area contributed by atoms with E-state index in [9.17, 15) is 14.7 Å². The van der Waals surface area contributed by atoms with Crippen LogP contribution < -0.4 is 5.32 Å². The summed E-state index contributed by atoms with van der Waals surface area (Å²) < 4.78 is 0. The van der Waals surface area contributed by atoms with E-state index < -0.39 is 23.2 Å². The van der Waals surface area contributed by atoms with Crippen LogP contribution in [0.5, 0.6) is 0 Å². The second-order valence-corrected chi connectivity index (χ2v) is 6.53. The molecule has 2 unspecified atom stereocenters. The summed E-state index contributed by atoms with van der Waals surface area (Å²) in [4.78, 5) is 23.0. The van der Waals surface area contributed by atoms with Gasteiger partial charge in [-0.15, -0.1) is 0 Å². The summed E-state index contributed by atoms with van der Waals surface area (Å²) in [5, 5.41) is 21.3. The van der Waals surface area contributed by atoms with Crippen molar-refractivity contribution in [2.24, 2.45) is 23.2 Å². The van der Waals surface area contributed by atoms with E-state index in [0.717, 1.165) is 25.7 Å². The molecule has 1 amide bonds. The van der Waals surface area contributed by atoms with Gasteiger partial charge in [0.05, 0.1) is 17.9 Å². The SMILES string of the molecule is CC1(C)C(C(=O)O)C1C(=O)NCC1CCC(O)CC1. The molecule has 0 heterocycles. The van der Waals surface area contributed by atoms with Gasteiger partial charge in [0.25, 0.3) is 0 Å². The van der Waals surface area contributed by atoms with Gasteiger partial charge in [-0.05, 0) is 37.0 Å². The number of hydrogen-bond donors (Lipinski definition) is 3. The van der Waals surface area contributed by atoms with Crippen molar-refractivity contribution in [3.05, 3.63) is 0 Å². The Hall–Kier alpha value is -1.10. The Labute approximate surface area is 113 Å². The number of carboxylic acids is 1. The van der Waals surface area contributed by atoms with Gasteiger partial charge < -0.3 is 15.5 Å². The molecule has 0 saturated heterocycles. The first-order valence-corrected chi connectivity index (χ1v) is 7.02. The Morgan fingerprint density at radius 3 is 2.21 bits per heavy atom. The highest BCUT2D eigenvalue weighted by atomic mass is 16.4. The van der Waals surface area contributed by atoms with E-state index >= 15 is 0 Å². The number of amides is 1. The maximum Gasteiger partial charge on any atom is 0.307 e. The van der Waals surface area contributed by atoms with E-state index in [2.05, 4.69) is 5.32 Å². The minimum absolute atomic E-state index is 0.136. The summed E-state index contributed by atoms with van der Waals surface area (Å²) >= 11 is 0. The van der Waals surface area contributed by atoms with Crippen LogP contribution in [-0.2, 0) is 9.59 Å². The molecule has 2 saturated carbocycles. The van der Waals surface area contributed by atoms with Gasteiger partial charge in [0.15, 0.2) is 0 Å². The van der Waals surface area contributed by atoms with Crippen molar-refractivity contribution in [1.82, 2.24) is 5.32 Å². The molecule has 0 spiro atoms. The highest BCUT2D eigenvalue weighted by Gasteiger charge is 2.65. The number of carbonyl (C=O) groups excluding carboxylic acids is 1. The lowest BCUT2D eigenvalue weighted by atomic mass is 9.87. The van der Waals surface area contributed by atoms with Crippen LogP contribution in [0.2, 0.25) is 0 Å². The number of nitrogens with one attached hydrogen (secondary N) is 1. The van der Waals surface area contributed by atoms with Crippen LogP contribution in [0.4, 0.5) is 0 Å². The highest BCUT2D eigenvalue weighted by molar-refractivity contribution is 5.91. The fraction of sp³-hybridized carbons (Fsp3) is 0.857. The van der Waals surface area contributed by atoms with Crippen molar-refractivity contribution in [1.29, 1.82) is 0 Å². The number of carbonyl (C=O) groups is 2. The zero-order chi connectivity index (χ0) is 14.2. The molecule has 2 fully saturated rings. The third-order valence-electron chi connectivity index (χ3n) is 4.76. The van der Waals surface area contributed by atoms with Crippen LogP contribution in [0, 0.1) is 23.2 Å². The van der Waals surface area contributed by atoms with Gasteiger partial charge in [0, 0.05) is 6.54 Å². The molecular weight excluding hydrogens is 246 g/mol. The first-order chi connectivity index (χ1) is 8.84. The molecule has 0 aromatic rings. The normalized spacial score (nSPS) is 36.6. The van der Waals surface area contributed by atoms with Crippen molar-refractivity contribution >= 4 is 11.9 Å². The fourth-order valence-electron chi connectivity index (χ4n) is 3.29. The average molecular weight is 269 g/mol. The van der Waals surface area contributed by atoms with Crippen molar-refractivity contribution in [3.8, 4) is 0 Å². The Kier molecular flexibility index (Phi) is 3.85. The van der Waals surface area contributed by atoms with Crippen LogP contribution in [0.1, 0.15) is 39.5 Å². The van der Waals surface area contributed by atoms with Gasteiger partial charge in [-0.25, -0.2) is 0 Å². The lowest BCUT2D eigenvalue weighted by Crippen LogP contribution is -2.34. The highest BCUT2D eigenvalue weighted by Crippen LogP contribution is 2.58. The number of carboxylic acid groups (broad SMARTS) is 1. The second-order valence-electron chi connectivity index (χ2n) is 6.53. The summed E-state index contributed by atoms with van der Waals surface area (Å²) in [5.41, 5.74) is -0.432. The van der Waals surface area contributed by atoms with E-state index in [4.69, 9.17) is 5.11 Å². The first kappa shape index (κ1) is 14.3. The van der Waals surface area contributed by atoms with E-state index in [0.29, 0.717) is 12.5 Å². The molecule has 108 valence electrons. The lowest BCUT2D eigenvalue weighted by molar-refractivity contribution is -0.140. The molecule has 5 nitrogen and oxygen atoms in total. The Morgan fingerprint density at radius 2 is 1.74 bits per heavy atom. The maximum absolute atomic E-state index is 12.0. The third kappa shape index (κ3) is 2.91. The van der Waals surface area contributed by atoms with Crippen molar-refractivity contribution in [2.75, 3.05) is 6.54 Å². The summed E-state index contributed by atoms with van der Waals surface area (Å²) in [6, 6.07) is 0. The van der Waals surface area contributed by atoms with Gasteiger partial charge in [-0.2, -0.15) is 0 Å². The van der Waals surface area contributed by atoms with Gasteiger partial charge in [-0.1, -0.05) is 13.8 Å². The summed E-state index contributed by atoms with van der Waals surface area (Å²) in [5.74, 6) is -1.56. The molecule has 5 heteroatoms. The Morgan fingerprint density at radius 1 is 1.16 bits per heavy atom. The number of rotatable bonds is 4. The molecule has 2 aliphatic rings. The lowest BCUT2D eigenvalue weighted by Gasteiger charge is -2.25. The number of hydrogen-bond acceptors (Lipinski definition) is 3. The molecule has 2 rings (SSSR count). The monoisotopic (exact) mass is 269 g/mol. The van der Waals surface area contributed by atoms with Crippen LogP contribution in [0.15, 0.2) is 0 Å². The van der Waals surface area contributed by atoms with E-state index in [1.807, 2.05) is 13.8 Å². The third-order valence-corrected chi connectivity index (χ3v) is 4.76. The molecule has 0 aliphatic heterocycles. The van der Waals surface area contributed by atoms with E-state index in [1.54, 1.807) is 0 Å². The first-order valence-electron chi connectivity index (χ1n) is 7.02. The molecule has 2 atom stereocenters. The van der Waals surface area contributed by atoms with Crippen LogP contribution in [0.3, 0.4) is 0 Å². The molecular formula is C14H23NO4. The second kappa shape index (κ2) is 5.12. The average Bonchev–Trinajstić information content (AvgIpc) is 2.91. The van der Waals surface area contributed by atoms with Gasteiger partial charge >= 0.3 is 5.97 Å². The fourth-order valence-corrected chi connectivity index (χ4v) is 3.29. The minimum atomic E-state index is -0.883. The summed E-state index contributed by atoms with van der Waals surface area (Å²) in [7, 11) is 0. The molecule has 0 radical (unpaired) electrons. The number of aliphatic hydroxyl groups excluding tert-OH is 1. The molecule has 3 N–H and O–H groups in total. The van der Waals surface area contributed by atoms with Crippen LogP contribution in [0.25, 0.3) is 0 Å². The van der Waals surface area contributed by atoms with Crippen LogP contribution in [-0.4, -0.2) is 34.7 Å². The molecule has 19 heavy (non-hydrogen) atoms. The molecule has 0 aromatic carbocycles. The quantitative estimate of drug-likeness (QED) is 0.711. The van der Waals surface area contributed by atoms with E-state index in [-0.39, 0.29) is 12.0 Å². The van der Waals surface area contributed by atoms with Gasteiger partial charge in [-0.3, -0.25) is 9.59 Å². The van der Waals surface area contributed by atoms with Crippen molar-refractivity contribution in [3.63, 3.8) is 0 Å². The smallest absolute Gasteiger partial charge is 0.307 e. The van der Waals surface area contributed by atoms with E-state index in [1.165, 1.54) is 0 Å². The maximum atomic E-state index is 12.0. The number of aliphatic hydroxyl groups is 1. The van der Waals surface area contributed by atoms with Gasteiger partial charge in [0.1, 0.15) is 0 Å². The molecule has 0 aromatic heterocycles. The molecule has 2 aliphatic carbocycles. The van der Waals surface area contributed by atoms with Crippen molar-refractivity contribution < 1.29 is 19.8 Å². The minimum Gasteiger partial charge on any atom is -0.481 e. The zero-order valence-corrected chi connectivity index (χ0v) is 11.6. The number of aliphatic carboxylic acids is 1. The Balaban J connectivity index is 1.78. The summed E-state index contributed by atoms with van der Waals surface area (Å²) in [6.45, 7) is 4.25. The van der Waals surface area contributed by atoms with Gasteiger partial charge in [0.2, 0.25) is 5.91 Å². The van der Waals surface area contributed by atoms with Crippen molar-refractivity contribution in [2.45, 2.75) is 45.6 Å². The standard InChI is InChI=1S/C14H23NO4/c1-14(2)10(11(14)13(18)19)12(17)15-7-8-3-5-9(16)6-4-8/h8-11,16H,3-7H2,1-2H3,(H,15,17)(H,18,19). The molecule has 0 bridgehead atoms. The zero-order valence-electron chi connectivity index (χ0n) is 11.6. The predicted octanol–water partition coefficient (Wildman–Crippen LogP) is 1.01. The topological polar surface area (TPSA) is 86.6 Å². The summed E-state index contributed by atoms with van der Waals surface area (Å²) in [6.07, 6.45) is 3.27. The Bertz CT molecular complexity index is 372. The largest absolute Gasteiger partial charge is 0.481 e. The van der Waals surface area contributed by atoms with Crippen LogP contribution >= 0.6 is 0 Å².